The second kappa shape index (κ2) is 8.47. The Morgan fingerprint density at radius 2 is 1.55 bits per heavy atom. The second-order valence-corrected chi connectivity index (χ2v) is 7.83. The van der Waals surface area contributed by atoms with Crippen molar-refractivity contribution in [3.8, 4) is 11.5 Å². The minimum Gasteiger partial charge on any atom is -0.495 e. The van der Waals surface area contributed by atoms with Gasteiger partial charge in [-0.15, -0.1) is 0 Å². The molecule has 0 spiro atoms. The summed E-state index contributed by atoms with van der Waals surface area (Å²) in [5.41, 5.74) is 3.99. The summed E-state index contributed by atoms with van der Waals surface area (Å²) >= 11 is 0. The topological polar surface area (TPSA) is 59.1 Å². The summed E-state index contributed by atoms with van der Waals surface area (Å²) in [4.78, 5) is 30.9. The first-order valence-electron chi connectivity index (χ1n) is 11.0. The molecular weight excluding hydrogens is 416 g/mol. The largest absolute Gasteiger partial charge is 0.495 e. The van der Waals surface area contributed by atoms with E-state index in [9.17, 15) is 9.59 Å². The average molecular weight is 440 g/mol. The zero-order valence-electron chi connectivity index (χ0n) is 18.6. The maximum Gasteiger partial charge on any atom is 0.282 e. The first kappa shape index (κ1) is 20.8. The molecule has 2 aliphatic heterocycles. The van der Waals surface area contributed by atoms with Crippen LogP contribution in [0.25, 0.3) is 5.57 Å². The van der Waals surface area contributed by atoms with Crippen LogP contribution >= 0.6 is 0 Å². The lowest BCUT2D eigenvalue weighted by Gasteiger charge is -2.22. The predicted octanol–water partition coefficient (Wildman–Crippen LogP) is 4.44. The van der Waals surface area contributed by atoms with E-state index in [0.717, 1.165) is 17.7 Å². The molecule has 3 aromatic carbocycles. The third-order valence-corrected chi connectivity index (χ3v) is 6.00. The van der Waals surface area contributed by atoms with Gasteiger partial charge in [-0.3, -0.25) is 9.59 Å². The van der Waals surface area contributed by atoms with Gasteiger partial charge < -0.3 is 14.4 Å². The molecule has 0 aliphatic carbocycles. The Kier molecular flexibility index (Phi) is 5.34. The van der Waals surface area contributed by atoms with Gasteiger partial charge in [-0.1, -0.05) is 42.5 Å². The van der Waals surface area contributed by atoms with Crippen LogP contribution in [-0.2, 0) is 16.0 Å². The van der Waals surface area contributed by atoms with Gasteiger partial charge in [0.2, 0.25) is 0 Å². The Morgan fingerprint density at radius 1 is 0.848 bits per heavy atom. The fraction of sp³-hybridized carbons (Fsp3) is 0.185. The van der Waals surface area contributed by atoms with Crippen molar-refractivity contribution in [1.29, 1.82) is 0 Å². The SMILES string of the molecule is CCOc1ccc(C2=C(N3CCc4ccccc43)C(=O)N(c3ccccc3OC)C2=O)cc1. The quantitative estimate of drug-likeness (QED) is 0.531. The van der Waals surface area contributed by atoms with Crippen LogP contribution < -0.4 is 19.3 Å². The highest BCUT2D eigenvalue weighted by atomic mass is 16.5. The molecule has 2 heterocycles. The lowest BCUT2D eigenvalue weighted by molar-refractivity contribution is -0.120. The Hall–Kier alpha value is -4.06. The summed E-state index contributed by atoms with van der Waals surface area (Å²) < 4.78 is 11.0. The zero-order chi connectivity index (χ0) is 22.9. The van der Waals surface area contributed by atoms with Crippen LogP contribution in [-0.4, -0.2) is 32.1 Å². The average Bonchev–Trinajstić information content (AvgIpc) is 3.37. The Morgan fingerprint density at radius 3 is 2.27 bits per heavy atom. The number of hydrogen-bond acceptors (Lipinski definition) is 5. The lowest BCUT2D eigenvalue weighted by Crippen LogP contribution is -2.35. The number of anilines is 2. The molecule has 3 aromatic rings. The summed E-state index contributed by atoms with van der Waals surface area (Å²) in [6, 6.07) is 22.4. The highest BCUT2D eigenvalue weighted by Crippen LogP contribution is 2.42. The molecular formula is C27H24N2O4. The molecule has 33 heavy (non-hydrogen) atoms. The molecule has 2 amide bonds. The van der Waals surface area contributed by atoms with Gasteiger partial charge in [0.15, 0.2) is 0 Å². The maximum absolute atomic E-state index is 13.9. The van der Waals surface area contributed by atoms with Gasteiger partial charge in [-0.2, -0.15) is 0 Å². The number of fused-ring (bicyclic) bond motifs is 1. The number of hydrogen-bond donors (Lipinski definition) is 0. The molecule has 6 nitrogen and oxygen atoms in total. The van der Waals surface area contributed by atoms with Crippen LogP contribution in [0.3, 0.4) is 0 Å². The number of methoxy groups -OCH3 is 1. The molecule has 2 aliphatic rings. The van der Waals surface area contributed by atoms with Gasteiger partial charge in [0, 0.05) is 12.2 Å². The fourth-order valence-electron chi connectivity index (χ4n) is 4.52. The number of para-hydroxylation sites is 3. The molecule has 0 atom stereocenters. The smallest absolute Gasteiger partial charge is 0.282 e. The molecule has 0 saturated heterocycles. The van der Waals surface area contributed by atoms with Gasteiger partial charge in [0.05, 0.1) is 25.0 Å². The zero-order valence-corrected chi connectivity index (χ0v) is 18.6. The van der Waals surface area contributed by atoms with Gasteiger partial charge >= 0.3 is 0 Å². The number of carbonyl (C=O) groups is 2. The summed E-state index contributed by atoms with van der Waals surface area (Å²) in [5.74, 6) is 0.458. The number of nitrogens with zero attached hydrogens (tertiary/aromatic N) is 2. The molecule has 166 valence electrons. The van der Waals surface area contributed by atoms with Crippen molar-refractivity contribution in [1.82, 2.24) is 0 Å². The molecule has 0 unspecified atom stereocenters. The molecule has 0 fully saturated rings. The monoisotopic (exact) mass is 440 g/mol. The van der Waals surface area contributed by atoms with Crippen LogP contribution in [0.15, 0.2) is 78.5 Å². The van der Waals surface area contributed by atoms with Crippen molar-refractivity contribution >= 4 is 28.8 Å². The molecule has 5 rings (SSSR count). The number of ether oxygens (including phenoxy) is 2. The van der Waals surface area contributed by atoms with Gasteiger partial charge in [-0.25, -0.2) is 4.90 Å². The minimum absolute atomic E-state index is 0.356. The minimum atomic E-state index is -0.368. The van der Waals surface area contributed by atoms with Crippen LogP contribution in [0.1, 0.15) is 18.1 Å². The third kappa shape index (κ3) is 3.44. The number of benzene rings is 3. The highest BCUT2D eigenvalue weighted by molar-refractivity contribution is 6.46. The van der Waals surface area contributed by atoms with Crippen LogP contribution in [0, 0.1) is 0 Å². The first-order valence-corrected chi connectivity index (χ1v) is 11.0. The van der Waals surface area contributed by atoms with Gasteiger partial charge in [0.25, 0.3) is 11.8 Å². The molecule has 0 bridgehead atoms. The first-order chi connectivity index (χ1) is 16.1. The number of imide groups is 1. The van der Waals surface area contributed by atoms with Crippen LogP contribution in [0.2, 0.25) is 0 Å². The number of carbonyl (C=O) groups excluding carboxylic acids is 2. The Bertz CT molecular complexity index is 1260. The van der Waals surface area contributed by atoms with Crippen LogP contribution in [0.5, 0.6) is 11.5 Å². The maximum atomic E-state index is 13.9. The normalized spacial score (nSPS) is 15.3. The van der Waals surface area contributed by atoms with Crippen molar-refractivity contribution in [2.45, 2.75) is 13.3 Å². The standard InChI is InChI=1S/C27H24N2O4/c1-3-33-20-14-12-19(13-15-20)24-25(28-17-16-18-8-4-5-9-21(18)28)27(31)29(26(24)30)22-10-6-7-11-23(22)32-2/h4-15H,3,16-17H2,1-2H3. The van der Waals surface area contributed by atoms with Crippen molar-refractivity contribution in [3.05, 3.63) is 89.6 Å². The Labute approximate surface area is 192 Å². The van der Waals surface area contributed by atoms with Crippen molar-refractivity contribution < 1.29 is 19.1 Å². The molecule has 0 saturated carbocycles. The molecule has 0 aromatic heterocycles. The van der Waals surface area contributed by atoms with Crippen LogP contribution in [0.4, 0.5) is 11.4 Å². The summed E-state index contributed by atoms with van der Waals surface area (Å²) in [7, 11) is 1.53. The summed E-state index contributed by atoms with van der Waals surface area (Å²) in [5, 5.41) is 0. The van der Waals surface area contributed by atoms with Crippen molar-refractivity contribution in [2.75, 3.05) is 30.1 Å². The van der Waals surface area contributed by atoms with E-state index < -0.39 is 0 Å². The molecule has 0 N–H and O–H groups in total. The van der Waals surface area contributed by atoms with Crippen molar-refractivity contribution in [2.24, 2.45) is 0 Å². The van der Waals surface area contributed by atoms with Gasteiger partial charge in [0.1, 0.15) is 17.2 Å². The van der Waals surface area contributed by atoms with E-state index in [-0.39, 0.29) is 11.8 Å². The summed E-state index contributed by atoms with van der Waals surface area (Å²) in [6.45, 7) is 3.11. The van der Waals surface area contributed by atoms with E-state index in [1.54, 1.807) is 18.2 Å². The lowest BCUT2D eigenvalue weighted by atomic mass is 10.0. The third-order valence-electron chi connectivity index (χ3n) is 6.00. The van der Waals surface area contributed by atoms with E-state index in [1.165, 1.54) is 12.0 Å². The predicted molar refractivity (Wildman–Crippen MR) is 128 cm³/mol. The molecule has 6 heteroatoms. The second-order valence-electron chi connectivity index (χ2n) is 7.83. The highest BCUT2D eigenvalue weighted by Gasteiger charge is 2.44. The summed E-state index contributed by atoms with van der Waals surface area (Å²) in [6.07, 6.45) is 0.812. The van der Waals surface area contributed by atoms with E-state index >= 15 is 0 Å². The molecule has 0 radical (unpaired) electrons. The number of amides is 2. The van der Waals surface area contributed by atoms with Gasteiger partial charge in [-0.05, 0) is 54.8 Å². The Balaban J connectivity index is 1.66. The fourth-order valence-corrected chi connectivity index (χ4v) is 4.52. The van der Waals surface area contributed by atoms with Crippen molar-refractivity contribution in [3.63, 3.8) is 0 Å². The van der Waals surface area contributed by atoms with E-state index in [4.69, 9.17) is 9.47 Å². The number of rotatable bonds is 6. The van der Waals surface area contributed by atoms with E-state index in [0.29, 0.717) is 47.2 Å². The van der Waals surface area contributed by atoms with E-state index in [2.05, 4.69) is 6.07 Å². The van der Waals surface area contributed by atoms with E-state index in [1.807, 2.05) is 60.4 Å².